The highest BCUT2D eigenvalue weighted by Crippen LogP contribution is 2.11. The van der Waals surface area contributed by atoms with Crippen LogP contribution in [0.4, 0.5) is 0 Å². The molecule has 0 amide bonds. The van der Waals surface area contributed by atoms with Gasteiger partial charge in [-0.3, -0.25) is 4.98 Å². The first-order chi connectivity index (χ1) is 9.27. The molecule has 6 heteroatoms. The normalized spacial score (nSPS) is 10.1. The van der Waals surface area contributed by atoms with Gasteiger partial charge in [0.2, 0.25) is 5.88 Å². The van der Waals surface area contributed by atoms with E-state index >= 15 is 0 Å². The molecule has 0 saturated heterocycles. The molecule has 98 valence electrons. The average Bonchev–Trinajstić information content (AvgIpc) is 2.45. The van der Waals surface area contributed by atoms with Gasteiger partial charge in [0, 0.05) is 24.8 Å². The van der Waals surface area contributed by atoms with Gasteiger partial charge in [-0.15, -0.1) is 0 Å². The summed E-state index contributed by atoms with van der Waals surface area (Å²) in [5.41, 5.74) is 7.21. The van der Waals surface area contributed by atoms with Crippen LogP contribution in [0.3, 0.4) is 0 Å². The van der Waals surface area contributed by atoms with E-state index in [1.54, 1.807) is 24.8 Å². The minimum atomic E-state index is 0.192. The summed E-state index contributed by atoms with van der Waals surface area (Å²) in [7, 11) is 0. The number of aryl methyl sites for hydroxylation is 1. The Kier molecular flexibility index (Phi) is 4.74. The van der Waals surface area contributed by atoms with Crippen molar-refractivity contribution in [2.24, 2.45) is 5.73 Å². The van der Waals surface area contributed by atoms with Crippen LogP contribution in [0.15, 0.2) is 36.9 Å². The number of thiocarbonyl (C=S) groups is 1. The van der Waals surface area contributed by atoms with Gasteiger partial charge >= 0.3 is 0 Å². The largest absolute Gasteiger partial charge is 0.476 e. The molecule has 2 rings (SSSR count). The number of nitrogens with zero attached hydrogens (tertiary/aromatic N) is 3. The number of nitrogens with two attached hydrogens (primary N) is 1. The van der Waals surface area contributed by atoms with E-state index in [-0.39, 0.29) is 4.99 Å². The van der Waals surface area contributed by atoms with E-state index in [0.717, 1.165) is 12.8 Å². The maximum absolute atomic E-state index is 5.56. The molecule has 19 heavy (non-hydrogen) atoms. The van der Waals surface area contributed by atoms with E-state index in [1.807, 2.05) is 12.1 Å². The summed E-state index contributed by atoms with van der Waals surface area (Å²) < 4.78 is 5.56. The zero-order chi connectivity index (χ0) is 13.5. The fraction of sp³-hybridized carbons (Fsp3) is 0.231. The number of rotatable bonds is 6. The molecular formula is C13H14N4OS. The average molecular weight is 274 g/mol. The zero-order valence-electron chi connectivity index (χ0n) is 10.3. The topological polar surface area (TPSA) is 73.9 Å². The second-order valence-electron chi connectivity index (χ2n) is 3.88. The molecule has 0 saturated carbocycles. The Bertz CT molecular complexity index is 547. The second-order valence-corrected chi connectivity index (χ2v) is 4.32. The summed E-state index contributed by atoms with van der Waals surface area (Å²) in [5, 5.41) is 0. The quantitative estimate of drug-likeness (QED) is 0.636. The summed E-state index contributed by atoms with van der Waals surface area (Å²) in [4.78, 5) is 12.3. The molecule has 0 spiro atoms. The molecule has 2 N–H and O–H groups in total. The lowest BCUT2D eigenvalue weighted by Crippen LogP contribution is -2.15. The van der Waals surface area contributed by atoms with Gasteiger partial charge < -0.3 is 10.5 Å². The molecule has 2 aromatic rings. The van der Waals surface area contributed by atoms with E-state index in [4.69, 9.17) is 22.7 Å². The van der Waals surface area contributed by atoms with Gasteiger partial charge in [0.15, 0.2) is 5.69 Å². The highest BCUT2D eigenvalue weighted by Gasteiger charge is 2.08. The van der Waals surface area contributed by atoms with Crippen molar-refractivity contribution in [3.8, 4) is 5.88 Å². The molecule has 0 radical (unpaired) electrons. The molecule has 0 unspecified atom stereocenters. The second kappa shape index (κ2) is 6.75. The molecule has 0 atom stereocenters. The standard InChI is InChI=1S/C13H14N4OS/c14-12(19)11-13(17-8-7-16-11)18-9-1-2-10-3-5-15-6-4-10/h3-8H,1-2,9H2,(H2,14,19). The Balaban J connectivity index is 1.85. The van der Waals surface area contributed by atoms with Crippen molar-refractivity contribution >= 4 is 17.2 Å². The summed E-state index contributed by atoms with van der Waals surface area (Å²) >= 11 is 4.89. The summed E-state index contributed by atoms with van der Waals surface area (Å²) in [6.07, 6.45) is 8.45. The monoisotopic (exact) mass is 274 g/mol. The Hall–Kier alpha value is -2.08. The molecule has 0 aromatic carbocycles. The van der Waals surface area contributed by atoms with Crippen LogP contribution in [0.2, 0.25) is 0 Å². The predicted molar refractivity (Wildman–Crippen MR) is 76.0 cm³/mol. The van der Waals surface area contributed by atoms with Crippen molar-refractivity contribution in [3.05, 3.63) is 48.2 Å². The molecule has 0 aliphatic rings. The van der Waals surface area contributed by atoms with E-state index in [9.17, 15) is 0 Å². The van der Waals surface area contributed by atoms with Crippen molar-refractivity contribution in [3.63, 3.8) is 0 Å². The van der Waals surface area contributed by atoms with Gasteiger partial charge in [0.25, 0.3) is 0 Å². The molecule has 2 heterocycles. The highest BCUT2D eigenvalue weighted by molar-refractivity contribution is 7.80. The first kappa shape index (κ1) is 13.4. The third kappa shape index (κ3) is 3.96. The predicted octanol–water partition coefficient (Wildman–Crippen LogP) is 1.52. The minimum Gasteiger partial charge on any atom is -0.476 e. The first-order valence-electron chi connectivity index (χ1n) is 5.90. The molecule has 2 aromatic heterocycles. The van der Waals surface area contributed by atoms with Gasteiger partial charge in [-0.05, 0) is 30.5 Å². The highest BCUT2D eigenvalue weighted by atomic mass is 32.1. The van der Waals surface area contributed by atoms with Gasteiger partial charge in [0.1, 0.15) is 4.99 Å². The molecule has 0 fully saturated rings. The SMILES string of the molecule is NC(=S)c1nccnc1OCCCc1ccncc1. The van der Waals surface area contributed by atoms with Crippen LogP contribution in [-0.4, -0.2) is 26.5 Å². The lowest BCUT2D eigenvalue weighted by Gasteiger charge is -2.08. The van der Waals surface area contributed by atoms with Crippen LogP contribution in [0.5, 0.6) is 5.88 Å². The first-order valence-corrected chi connectivity index (χ1v) is 6.30. The summed E-state index contributed by atoms with van der Waals surface area (Å²) in [6, 6.07) is 3.98. The van der Waals surface area contributed by atoms with E-state index in [0.29, 0.717) is 18.2 Å². The van der Waals surface area contributed by atoms with Gasteiger partial charge in [-0.2, -0.15) is 0 Å². The van der Waals surface area contributed by atoms with Crippen LogP contribution in [0.25, 0.3) is 0 Å². The van der Waals surface area contributed by atoms with Gasteiger partial charge in [-0.25, -0.2) is 9.97 Å². The van der Waals surface area contributed by atoms with Crippen LogP contribution in [0, 0.1) is 0 Å². The van der Waals surface area contributed by atoms with E-state index in [1.165, 1.54) is 5.56 Å². The molecular weight excluding hydrogens is 260 g/mol. The van der Waals surface area contributed by atoms with Crippen LogP contribution in [-0.2, 0) is 6.42 Å². The van der Waals surface area contributed by atoms with Gasteiger partial charge in [-0.1, -0.05) is 12.2 Å². The Morgan fingerprint density at radius 2 is 1.89 bits per heavy atom. The van der Waals surface area contributed by atoms with E-state index in [2.05, 4.69) is 15.0 Å². The minimum absolute atomic E-state index is 0.192. The van der Waals surface area contributed by atoms with Gasteiger partial charge in [0.05, 0.1) is 6.61 Å². The Morgan fingerprint density at radius 1 is 1.16 bits per heavy atom. The molecule has 5 nitrogen and oxygen atoms in total. The van der Waals surface area contributed by atoms with Crippen molar-refractivity contribution in [1.29, 1.82) is 0 Å². The Labute approximate surface area is 116 Å². The molecule has 0 aliphatic carbocycles. The maximum atomic E-state index is 5.56. The van der Waals surface area contributed by atoms with Crippen molar-refractivity contribution in [1.82, 2.24) is 15.0 Å². The van der Waals surface area contributed by atoms with Crippen LogP contribution in [0.1, 0.15) is 17.7 Å². The maximum Gasteiger partial charge on any atom is 0.243 e. The fourth-order valence-corrected chi connectivity index (χ4v) is 1.73. The van der Waals surface area contributed by atoms with Crippen molar-refractivity contribution in [2.45, 2.75) is 12.8 Å². The summed E-state index contributed by atoms with van der Waals surface area (Å²) in [6.45, 7) is 0.538. The van der Waals surface area contributed by atoms with Crippen LogP contribution >= 0.6 is 12.2 Å². The smallest absolute Gasteiger partial charge is 0.243 e. The number of hydrogen-bond acceptors (Lipinski definition) is 5. The number of ether oxygens (including phenoxy) is 1. The third-order valence-corrected chi connectivity index (χ3v) is 2.69. The number of pyridine rings is 1. The fourth-order valence-electron chi connectivity index (χ4n) is 1.59. The lowest BCUT2D eigenvalue weighted by molar-refractivity contribution is 0.297. The Morgan fingerprint density at radius 3 is 2.63 bits per heavy atom. The molecule has 0 aliphatic heterocycles. The zero-order valence-corrected chi connectivity index (χ0v) is 11.1. The number of hydrogen-bond donors (Lipinski definition) is 1. The number of aromatic nitrogens is 3. The third-order valence-electron chi connectivity index (χ3n) is 2.50. The van der Waals surface area contributed by atoms with E-state index < -0.39 is 0 Å². The van der Waals surface area contributed by atoms with Crippen molar-refractivity contribution in [2.75, 3.05) is 6.61 Å². The van der Waals surface area contributed by atoms with Crippen LogP contribution < -0.4 is 10.5 Å². The molecule has 0 bridgehead atoms. The van der Waals surface area contributed by atoms with Crippen molar-refractivity contribution < 1.29 is 4.74 Å². The lowest BCUT2D eigenvalue weighted by atomic mass is 10.1. The summed E-state index contributed by atoms with van der Waals surface area (Å²) in [5.74, 6) is 0.393.